The van der Waals surface area contributed by atoms with Crippen LogP contribution in [0.15, 0.2) is 45.9 Å². The molecule has 0 heterocycles. The van der Waals surface area contributed by atoms with Crippen LogP contribution >= 0.6 is 11.8 Å². The normalized spacial score (nSPS) is 12.1. The monoisotopic (exact) mass is 208 g/mol. The zero-order chi connectivity index (χ0) is 10.6. The van der Waals surface area contributed by atoms with E-state index in [1.165, 1.54) is 25.6 Å². The Morgan fingerprint density at radius 1 is 1.21 bits per heavy atom. The summed E-state index contributed by atoms with van der Waals surface area (Å²) in [6.07, 6.45) is 0. The molecule has 14 heavy (non-hydrogen) atoms. The van der Waals surface area contributed by atoms with Gasteiger partial charge in [0, 0.05) is 4.90 Å². The second-order valence-corrected chi connectivity index (χ2v) is 3.97. The molecule has 74 valence electrons. The first-order valence-electron chi connectivity index (χ1n) is 4.25. The first kappa shape index (κ1) is 10.9. The lowest BCUT2D eigenvalue weighted by Crippen LogP contribution is -1.95. The van der Waals surface area contributed by atoms with Gasteiger partial charge in [0.2, 0.25) is 0 Å². The predicted octanol–water partition coefficient (Wildman–Crippen LogP) is 3.16. The van der Waals surface area contributed by atoms with Crippen molar-refractivity contribution in [1.29, 1.82) is 0 Å². The van der Waals surface area contributed by atoms with Crippen molar-refractivity contribution in [3.8, 4) is 0 Å². The summed E-state index contributed by atoms with van der Waals surface area (Å²) < 4.78 is 0. The molecule has 1 aromatic rings. The molecule has 1 rings (SSSR count). The van der Waals surface area contributed by atoms with E-state index in [1.54, 1.807) is 0 Å². The molecule has 0 spiro atoms. The maximum atomic E-state index is 11.2. The van der Waals surface area contributed by atoms with Crippen LogP contribution in [0, 0.1) is 0 Å². The van der Waals surface area contributed by atoms with E-state index in [2.05, 4.69) is 0 Å². The van der Waals surface area contributed by atoms with E-state index in [4.69, 9.17) is 0 Å². The molecular formula is C11H12O2S. The van der Waals surface area contributed by atoms with Crippen LogP contribution in [-0.4, -0.2) is 10.9 Å². The number of ketones is 1. The fraction of sp³-hybridized carbons (Fsp3) is 0.182. The number of hydrogen-bond donors (Lipinski definition) is 1. The average molecular weight is 208 g/mol. The number of carbonyl (C=O) groups is 1. The third-order valence-electron chi connectivity index (χ3n) is 1.61. The van der Waals surface area contributed by atoms with Crippen molar-refractivity contribution in [3.63, 3.8) is 0 Å². The number of benzene rings is 1. The number of Topliss-reactive ketones (excluding diaryl/α,β-unsaturated/α-hetero) is 1. The molecular weight excluding hydrogens is 196 g/mol. The lowest BCUT2D eigenvalue weighted by atomic mass is 10.4. The molecule has 0 fully saturated rings. The van der Waals surface area contributed by atoms with Crippen molar-refractivity contribution in [1.82, 2.24) is 0 Å². The summed E-state index contributed by atoms with van der Waals surface area (Å²) in [6.45, 7) is 2.97. The SMILES string of the molecule is CC(=O)/C(Sc1ccccc1)=C(/C)O. The minimum atomic E-state index is -0.112. The van der Waals surface area contributed by atoms with Gasteiger partial charge in [-0.1, -0.05) is 30.0 Å². The Morgan fingerprint density at radius 3 is 2.21 bits per heavy atom. The van der Waals surface area contributed by atoms with Crippen molar-refractivity contribution in [3.05, 3.63) is 41.0 Å². The zero-order valence-electron chi connectivity index (χ0n) is 8.15. The van der Waals surface area contributed by atoms with Crippen molar-refractivity contribution in [2.45, 2.75) is 18.7 Å². The second-order valence-electron chi connectivity index (χ2n) is 2.89. The van der Waals surface area contributed by atoms with E-state index < -0.39 is 0 Å². The summed E-state index contributed by atoms with van der Waals surface area (Å²) in [4.78, 5) is 12.5. The molecule has 0 aliphatic carbocycles. The Hall–Kier alpha value is -1.22. The fourth-order valence-electron chi connectivity index (χ4n) is 1.01. The quantitative estimate of drug-likeness (QED) is 0.471. The van der Waals surface area contributed by atoms with Crippen molar-refractivity contribution >= 4 is 17.5 Å². The third-order valence-corrected chi connectivity index (χ3v) is 2.91. The number of thioether (sulfide) groups is 1. The first-order valence-corrected chi connectivity index (χ1v) is 5.06. The van der Waals surface area contributed by atoms with Gasteiger partial charge in [-0.2, -0.15) is 0 Å². The summed E-state index contributed by atoms with van der Waals surface area (Å²) in [5.74, 6) is -0.0368. The van der Waals surface area contributed by atoms with Gasteiger partial charge in [0.25, 0.3) is 0 Å². The molecule has 3 heteroatoms. The Kier molecular flexibility index (Phi) is 3.77. The van der Waals surface area contributed by atoms with Gasteiger partial charge in [-0.3, -0.25) is 4.79 Å². The van der Waals surface area contributed by atoms with Crippen LogP contribution in [-0.2, 0) is 4.79 Å². The molecule has 1 aromatic carbocycles. The standard InChI is InChI=1S/C11H12O2S/c1-8(12)11(9(2)13)14-10-6-4-3-5-7-10/h3-7,12H,1-2H3/b11-8+. The van der Waals surface area contributed by atoms with E-state index in [1.807, 2.05) is 30.3 Å². The van der Waals surface area contributed by atoms with Crippen LogP contribution in [0.4, 0.5) is 0 Å². The lowest BCUT2D eigenvalue weighted by Gasteiger charge is -2.04. The van der Waals surface area contributed by atoms with E-state index in [9.17, 15) is 9.90 Å². The summed E-state index contributed by atoms with van der Waals surface area (Å²) in [5, 5.41) is 9.28. The molecule has 0 unspecified atom stereocenters. The predicted molar refractivity (Wildman–Crippen MR) is 58.3 cm³/mol. The van der Waals surface area contributed by atoms with Crippen LogP contribution in [0.5, 0.6) is 0 Å². The Bertz CT molecular complexity index is 351. The smallest absolute Gasteiger partial charge is 0.169 e. The molecule has 0 saturated heterocycles. The molecule has 0 aliphatic heterocycles. The number of carbonyl (C=O) groups excluding carboxylic acids is 1. The molecule has 0 aromatic heterocycles. The number of aliphatic hydroxyl groups is 1. The van der Waals surface area contributed by atoms with Gasteiger partial charge in [-0.25, -0.2) is 0 Å². The Morgan fingerprint density at radius 2 is 1.79 bits per heavy atom. The van der Waals surface area contributed by atoms with Crippen LogP contribution in [0.3, 0.4) is 0 Å². The topological polar surface area (TPSA) is 37.3 Å². The van der Waals surface area contributed by atoms with Crippen LogP contribution in [0.2, 0.25) is 0 Å². The minimum Gasteiger partial charge on any atom is -0.511 e. The van der Waals surface area contributed by atoms with Crippen LogP contribution < -0.4 is 0 Å². The zero-order valence-corrected chi connectivity index (χ0v) is 8.97. The lowest BCUT2D eigenvalue weighted by molar-refractivity contribution is -0.113. The average Bonchev–Trinajstić information content (AvgIpc) is 2.15. The maximum absolute atomic E-state index is 11.2. The van der Waals surface area contributed by atoms with Crippen molar-refractivity contribution < 1.29 is 9.90 Å². The van der Waals surface area contributed by atoms with Crippen molar-refractivity contribution in [2.24, 2.45) is 0 Å². The van der Waals surface area contributed by atoms with Gasteiger partial charge in [0.05, 0.1) is 4.91 Å². The number of rotatable bonds is 3. The Labute approximate surface area is 87.6 Å². The van der Waals surface area contributed by atoms with Gasteiger partial charge in [0.15, 0.2) is 5.78 Å². The highest BCUT2D eigenvalue weighted by Crippen LogP contribution is 2.28. The summed E-state index contributed by atoms with van der Waals surface area (Å²) in [5.41, 5.74) is 0. The number of allylic oxidation sites excluding steroid dienone is 2. The fourth-order valence-corrected chi connectivity index (χ4v) is 1.83. The molecule has 0 aliphatic rings. The highest BCUT2D eigenvalue weighted by Gasteiger charge is 2.09. The molecule has 0 radical (unpaired) electrons. The third kappa shape index (κ3) is 2.92. The molecule has 0 atom stereocenters. The highest BCUT2D eigenvalue weighted by molar-refractivity contribution is 8.04. The molecule has 0 saturated carbocycles. The van der Waals surface area contributed by atoms with Gasteiger partial charge in [0.1, 0.15) is 5.76 Å². The van der Waals surface area contributed by atoms with Gasteiger partial charge in [-0.15, -0.1) is 0 Å². The van der Waals surface area contributed by atoms with Gasteiger partial charge < -0.3 is 5.11 Å². The summed E-state index contributed by atoms with van der Waals surface area (Å²) in [6, 6.07) is 9.50. The molecule has 1 N–H and O–H groups in total. The van der Waals surface area contributed by atoms with E-state index in [0.717, 1.165) is 4.90 Å². The van der Waals surface area contributed by atoms with E-state index in [0.29, 0.717) is 4.91 Å². The van der Waals surface area contributed by atoms with Gasteiger partial charge >= 0.3 is 0 Å². The van der Waals surface area contributed by atoms with E-state index in [-0.39, 0.29) is 11.5 Å². The van der Waals surface area contributed by atoms with Crippen molar-refractivity contribution in [2.75, 3.05) is 0 Å². The Balaban J connectivity index is 2.87. The molecule has 0 amide bonds. The van der Waals surface area contributed by atoms with Gasteiger partial charge in [-0.05, 0) is 26.0 Å². The second kappa shape index (κ2) is 4.86. The van der Waals surface area contributed by atoms with Crippen LogP contribution in [0.25, 0.3) is 0 Å². The van der Waals surface area contributed by atoms with Crippen LogP contribution in [0.1, 0.15) is 13.8 Å². The molecule has 0 bridgehead atoms. The molecule has 2 nitrogen and oxygen atoms in total. The van der Waals surface area contributed by atoms with E-state index >= 15 is 0 Å². The minimum absolute atomic E-state index is 0.0753. The largest absolute Gasteiger partial charge is 0.511 e. The summed E-state index contributed by atoms with van der Waals surface area (Å²) in [7, 11) is 0. The summed E-state index contributed by atoms with van der Waals surface area (Å²) >= 11 is 1.28. The number of aliphatic hydroxyl groups excluding tert-OH is 1. The highest BCUT2D eigenvalue weighted by atomic mass is 32.2. The maximum Gasteiger partial charge on any atom is 0.169 e. The first-order chi connectivity index (χ1) is 6.61. The number of hydrogen-bond acceptors (Lipinski definition) is 3.